The number of ether oxygens (including phenoxy) is 1. The summed E-state index contributed by atoms with van der Waals surface area (Å²) in [6, 6.07) is 8.52. The predicted octanol–water partition coefficient (Wildman–Crippen LogP) is 2.31. The van der Waals surface area contributed by atoms with Gasteiger partial charge in [-0.05, 0) is 31.2 Å². The molecule has 1 aliphatic rings. The molecule has 182 valence electrons. The number of nitrogens with zero attached hydrogens (tertiary/aromatic N) is 6. The Bertz CT molecular complexity index is 1430. The number of methoxy groups -OCH3 is 1. The number of furan rings is 1. The standard InChI is InChI=1S/C24H26FN7O3/c1-15-3-6-19(35-15)21-22-23(29-24(26)28-21)32(20(33)14-27-22)12-9-30-7-10-31(11-8-30)18-5-4-16(34-2)13-17(18)25/h3-6,13-14H,7-12H2,1-2H3,(H2,26,28,29). The number of fused-ring (bicyclic) bond motifs is 1. The van der Waals surface area contributed by atoms with Gasteiger partial charge in [-0.15, -0.1) is 0 Å². The summed E-state index contributed by atoms with van der Waals surface area (Å²) < 4.78 is 26.8. The van der Waals surface area contributed by atoms with E-state index < -0.39 is 0 Å². The number of hydrogen-bond donors (Lipinski definition) is 1. The minimum absolute atomic E-state index is 0.0397. The Balaban J connectivity index is 1.32. The first-order chi connectivity index (χ1) is 16.9. The Labute approximate surface area is 200 Å². The van der Waals surface area contributed by atoms with Crippen LogP contribution in [0.1, 0.15) is 5.76 Å². The van der Waals surface area contributed by atoms with E-state index in [4.69, 9.17) is 14.9 Å². The lowest BCUT2D eigenvalue weighted by atomic mass is 10.2. The van der Waals surface area contributed by atoms with Crippen molar-refractivity contribution in [1.29, 1.82) is 0 Å². The summed E-state index contributed by atoms with van der Waals surface area (Å²) in [5, 5.41) is 0. The van der Waals surface area contributed by atoms with E-state index in [9.17, 15) is 9.18 Å². The molecular formula is C24H26FN7O3. The highest BCUT2D eigenvalue weighted by atomic mass is 19.1. The molecule has 0 unspecified atom stereocenters. The van der Waals surface area contributed by atoms with E-state index >= 15 is 0 Å². The number of aromatic nitrogens is 4. The van der Waals surface area contributed by atoms with Gasteiger partial charge in [0.15, 0.2) is 11.4 Å². The number of aryl methyl sites for hydroxylation is 1. The lowest BCUT2D eigenvalue weighted by molar-refractivity contribution is 0.247. The molecule has 35 heavy (non-hydrogen) atoms. The average molecular weight is 480 g/mol. The SMILES string of the molecule is COc1ccc(N2CCN(CCn3c(=O)cnc4c(-c5ccc(C)o5)nc(N)nc43)CC2)c(F)c1. The Kier molecular flexibility index (Phi) is 6.08. The molecule has 1 saturated heterocycles. The van der Waals surface area contributed by atoms with Gasteiger partial charge < -0.3 is 19.8 Å². The summed E-state index contributed by atoms with van der Waals surface area (Å²) in [6.07, 6.45) is 1.27. The van der Waals surface area contributed by atoms with Crippen molar-refractivity contribution in [2.24, 2.45) is 0 Å². The number of nitrogens with two attached hydrogens (primary N) is 1. The first-order valence-electron chi connectivity index (χ1n) is 11.3. The molecule has 0 atom stereocenters. The molecule has 4 heterocycles. The molecule has 1 aliphatic heterocycles. The zero-order chi connectivity index (χ0) is 24.5. The normalized spacial score (nSPS) is 14.5. The van der Waals surface area contributed by atoms with Gasteiger partial charge in [0, 0.05) is 45.3 Å². The van der Waals surface area contributed by atoms with Crippen LogP contribution in [0.4, 0.5) is 16.0 Å². The molecule has 11 heteroatoms. The van der Waals surface area contributed by atoms with Crippen molar-refractivity contribution in [2.45, 2.75) is 13.5 Å². The summed E-state index contributed by atoms with van der Waals surface area (Å²) in [7, 11) is 1.52. The van der Waals surface area contributed by atoms with Crippen LogP contribution in [0.5, 0.6) is 5.75 Å². The number of nitrogen functional groups attached to an aromatic ring is 1. The van der Waals surface area contributed by atoms with Gasteiger partial charge in [0.1, 0.15) is 28.5 Å². The van der Waals surface area contributed by atoms with Crippen molar-refractivity contribution in [3.05, 3.63) is 58.5 Å². The quantitative estimate of drug-likeness (QED) is 0.445. The first kappa shape index (κ1) is 22.8. The summed E-state index contributed by atoms with van der Waals surface area (Å²) in [5.74, 6) is 1.48. The van der Waals surface area contributed by atoms with Crippen LogP contribution in [0, 0.1) is 12.7 Å². The number of benzene rings is 1. The highest BCUT2D eigenvalue weighted by molar-refractivity contribution is 5.86. The molecule has 0 aliphatic carbocycles. The highest BCUT2D eigenvalue weighted by Gasteiger charge is 2.21. The molecule has 0 amide bonds. The summed E-state index contributed by atoms with van der Waals surface area (Å²) in [5.41, 5.74) is 7.53. The zero-order valence-electron chi connectivity index (χ0n) is 19.6. The lowest BCUT2D eigenvalue weighted by Crippen LogP contribution is -2.47. The summed E-state index contributed by atoms with van der Waals surface area (Å²) >= 11 is 0. The van der Waals surface area contributed by atoms with E-state index in [1.807, 2.05) is 17.9 Å². The van der Waals surface area contributed by atoms with Gasteiger partial charge in [0.25, 0.3) is 5.56 Å². The topological polar surface area (TPSA) is 116 Å². The number of hydrogen-bond acceptors (Lipinski definition) is 9. The van der Waals surface area contributed by atoms with Crippen LogP contribution in [0.2, 0.25) is 0 Å². The van der Waals surface area contributed by atoms with Crippen molar-refractivity contribution < 1.29 is 13.5 Å². The highest BCUT2D eigenvalue weighted by Crippen LogP contribution is 2.27. The fraction of sp³-hybridized carbons (Fsp3) is 0.333. The Morgan fingerprint density at radius 3 is 2.60 bits per heavy atom. The molecule has 5 rings (SSSR count). The zero-order valence-corrected chi connectivity index (χ0v) is 19.6. The molecule has 2 N–H and O–H groups in total. The van der Waals surface area contributed by atoms with Crippen LogP contribution in [-0.2, 0) is 6.54 Å². The third-order valence-electron chi connectivity index (χ3n) is 6.19. The third kappa shape index (κ3) is 4.54. The molecule has 0 radical (unpaired) electrons. The fourth-order valence-electron chi connectivity index (χ4n) is 4.34. The maximum absolute atomic E-state index is 14.5. The first-order valence-corrected chi connectivity index (χ1v) is 11.3. The molecule has 10 nitrogen and oxygen atoms in total. The van der Waals surface area contributed by atoms with Crippen LogP contribution in [0.3, 0.4) is 0 Å². The number of piperazine rings is 1. The molecule has 0 spiro atoms. The van der Waals surface area contributed by atoms with Crippen molar-refractivity contribution in [3.63, 3.8) is 0 Å². The van der Waals surface area contributed by atoms with E-state index in [2.05, 4.69) is 19.9 Å². The third-order valence-corrected chi connectivity index (χ3v) is 6.19. The Hall–Kier alpha value is -3.99. The van der Waals surface area contributed by atoms with E-state index in [-0.39, 0.29) is 17.3 Å². The molecule has 4 aromatic rings. The van der Waals surface area contributed by atoms with Gasteiger partial charge in [0.2, 0.25) is 5.95 Å². The maximum atomic E-state index is 14.5. The van der Waals surface area contributed by atoms with E-state index in [0.29, 0.717) is 60.2 Å². The number of halogens is 1. The van der Waals surface area contributed by atoms with E-state index in [1.54, 1.807) is 22.8 Å². The monoisotopic (exact) mass is 479 g/mol. The second-order valence-electron chi connectivity index (χ2n) is 8.41. The minimum Gasteiger partial charge on any atom is -0.497 e. The van der Waals surface area contributed by atoms with Crippen LogP contribution in [-0.4, -0.2) is 64.3 Å². The fourth-order valence-corrected chi connectivity index (χ4v) is 4.34. The van der Waals surface area contributed by atoms with Crippen LogP contribution >= 0.6 is 0 Å². The largest absolute Gasteiger partial charge is 0.497 e. The van der Waals surface area contributed by atoms with E-state index in [1.165, 1.54) is 19.4 Å². The predicted molar refractivity (Wildman–Crippen MR) is 130 cm³/mol. The Morgan fingerprint density at radius 2 is 1.91 bits per heavy atom. The second kappa shape index (κ2) is 9.34. The number of rotatable bonds is 6. The minimum atomic E-state index is -0.299. The van der Waals surface area contributed by atoms with Crippen molar-refractivity contribution in [2.75, 3.05) is 50.5 Å². The molecule has 1 aromatic carbocycles. The number of anilines is 2. The lowest BCUT2D eigenvalue weighted by Gasteiger charge is -2.36. The summed E-state index contributed by atoms with van der Waals surface area (Å²) in [4.78, 5) is 29.9. The van der Waals surface area contributed by atoms with Crippen LogP contribution in [0.15, 0.2) is 45.7 Å². The van der Waals surface area contributed by atoms with Gasteiger partial charge in [-0.1, -0.05) is 0 Å². The molecule has 0 saturated carbocycles. The molecule has 1 fully saturated rings. The molecule has 3 aromatic heterocycles. The van der Waals surface area contributed by atoms with Crippen LogP contribution in [0.25, 0.3) is 22.6 Å². The van der Waals surface area contributed by atoms with Gasteiger partial charge in [-0.25, -0.2) is 14.4 Å². The summed E-state index contributed by atoms with van der Waals surface area (Å²) in [6.45, 7) is 5.68. The van der Waals surface area contributed by atoms with Crippen molar-refractivity contribution in [1.82, 2.24) is 24.4 Å². The average Bonchev–Trinajstić information content (AvgIpc) is 3.29. The van der Waals surface area contributed by atoms with Crippen molar-refractivity contribution in [3.8, 4) is 17.2 Å². The second-order valence-corrected chi connectivity index (χ2v) is 8.41. The van der Waals surface area contributed by atoms with Gasteiger partial charge in [-0.2, -0.15) is 4.98 Å². The van der Waals surface area contributed by atoms with Crippen molar-refractivity contribution >= 4 is 22.8 Å². The molecular weight excluding hydrogens is 453 g/mol. The maximum Gasteiger partial charge on any atom is 0.270 e. The smallest absolute Gasteiger partial charge is 0.270 e. The van der Waals surface area contributed by atoms with Gasteiger partial charge in [0.05, 0.1) is 19.0 Å². The van der Waals surface area contributed by atoms with E-state index in [0.717, 1.165) is 18.8 Å². The van der Waals surface area contributed by atoms with Crippen LogP contribution < -0.4 is 20.9 Å². The molecule has 0 bridgehead atoms. The Morgan fingerprint density at radius 1 is 1.11 bits per heavy atom. The van der Waals surface area contributed by atoms with Gasteiger partial charge in [-0.3, -0.25) is 14.3 Å². The van der Waals surface area contributed by atoms with Gasteiger partial charge >= 0.3 is 0 Å².